The zero-order valence-electron chi connectivity index (χ0n) is 15.2. The molecule has 0 saturated heterocycles. The maximum Gasteiger partial charge on any atom is 0.161 e. The third kappa shape index (κ3) is 2.56. The highest BCUT2D eigenvalue weighted by Gasteiger charge is 2.40. The second-order valence-corrected chi connectivity index (χ2v) is 6.52. The van der Waals surface area contributed by atoms with E-state index in [0.717, 1.165) is 24.5 Å². The number of benzene rings is 3. The van der Waals surface area contributed by atoms with Gasteiger partial charge in [-0.3, -0.25) is 5.32 Å². The Balaban J connectivity index is 2.03. The molecular weight excluding hydrogens is 322 g/mol. The van der Waals surface area contributed by atoms with E-state index in [-0.39, 0.29) is 0 Å². The van der Waals surface area contributed by atoms with Gasteiger partial charge in [-0.05, 0) is 40.8 Å². The molecule has 0 radical (unpaired) electrons. The monoisotopic (exact) mass is 345 g/mol. The number of hydrogen-bond donors (Lipinski definition) is 1. The lowest BCUT2D eigenvalue weighted by atomic mass is 9.72. The molecule has 132 valence electrons. The normalized spacial score (nSPS) is 15.2. The molecule has 3 nitrogen and oxygen atoms in total. The van der Waals surface area contributed by atoms with Crippen LogP contribution in [0.15, 0.2) is 72.8 Å². The molecule has 3 aromatic carbocycles. The summed E-state index contributed by atoms with van der Waals surface area (Å²) >= 11 is 0. The van der Waals surface area contributed by atoms with Gasteiger partial charge in [0.2, 0.25) is 0 Å². The van der Waals surface area contributed by atoms with Crippen LogP contribution in [-0.2, 0) is 12.0 Å². The van der Waals surface area contributed by atoms with Gasteiger partial charge in [-0.1, -0.05) is 60.7 Å². The van der Waals surface area contributed by atoms with Crippen LogP contribution in [0.25, 0.3) is 0 Å². The van der Waals surface area contributed by atoms with Gasteiger partial charge in [0.05, 0.1) is 19.8 Å². The third-order valence-corrected chi connectivity index (χ3v) is 5.21. The maximum absolute atomic E-state index is 5.61. The molecule has 0 spiro atoms. The lowest BCUT2D eigenvalue weighted by Crippen LogP contribution is -2.49. The van der Waals surface area contributed by atoms with Crippen molar-refractivity contribution in [2.75, 3.05) is 20.8 Å². The molecule has 0 bridgehead atoms. The number of nitrogens with one attached hydrogen (secondary N) is 1. The highest BCUT2D eigenvalue weighted by Crippen LogP contribution is 2.44. The average Bonchev–Trinajstić information content (AvgIpc) is 2.73. The van der Waals surface area contributed by atoms with E-state index in [2.05, 4.69) is 78.1 Å². The van der Waals surface area contributed by atoms with Crippen molar-refractivity contribution in [2.45, 2.75) is 12.0 Å². The first-order valence-electron chi connectivity index (χ1n) is 8.91. The van der Waals surface area contributed by atoms with Crippen molar-refractivity contribution >= 4 is 0 Å². The second-order valence-electron chi connectivity index (χ2n) is 6.52. The summed E-state index contributed by atoms with van der Waals surface area (Å²) < 4.78 is 11.2. The van der Waals surface area contributed by atoms with Gasteiger partial charge >= 0.3 is 0 Å². The summed E-state index contributed by atoms with van der Waals surface area (Å²) in [6.45, 7) is 0.895. The Morgan fingerprint density at radius 2 is 1.31 bits per heavy atom. The summed E-state index contributed by atoms with van der Waals surface area (Å²) in [5, 5.41) is 3.81. The Labute approximate surface area is 154 Å². The van der Waals surface area contributed by atoms with Crippen molar-refractivity contribution in [3.05, 3.63) is 95.1 Å². The minimum absolute atomic E-state index is 0.407. The summed E-state index contributed by atoms with van der Waals surface area (Å²) in [5.74, 6) is 1.54. The predicted octanol–water partition coefficient (Wildman–Crippen LogP) is 4.14. The highest BCUT2D eigenvalue weighted by atomic mass is 16.5. The maximum atomic E-state index is 5.61. The van der Waals surface area contributed by atoms with Crippen molar-refractivity contribution in [3.8, 4) is 11.5 Å². The van der Waals surface area contributed by atoms with Crippen molar-refractivity contribution in [1.29, 1.82) is 0 Å². The van der Waals surface area contributed by atoms with Gasteiger partial charge in [0.1, 0.15) is 0 Å². The summed E-state index contributed by atoms with van der Waals surface area (Å²) in [4.78, 5) is 0. The van der Waals surface area contributed by atoms with E-state index >= 15 is 0 Å². The van der Waals surface area contributed by atoms with Gasteiger partial charge in [0, 0.05) is 6.54 Å². The Bertz CT molecular complexity index is 851. The first-order valence-corrected chi connectivity index (χ1v) is 8.91. The van der Waals surface area contributed by atoms with E-state index in [0.29, 0.717) is 0 Å². The zero-order valence-corrected chi connectivity index (χ0v) is 15.2. The fourth-order valence-electron chi connectivity index (χ4n) is 4.02. The number of methoxy groups -OCH3 is 2. The van der Waals surface area contributed by atoms with Crippen LogP contribution >= 0.6 is 0 Å². The van der Waals surface area contributed by atoms with Crippen molar-refractivity contribution in [2.24, 2.45) is 0 Å². The van der Waals surface area contributed by atoms with Gasteiger partial charge < -0.3 is 9.47 Å². The van der Waals surface area contributed by atoms with E-state index in [1.807, 2.05) is 0 Å². The highest BCUT2D eigenvalue weighted by molar-refractivity contribution is 5.58. The van der Waals surface area contributed by atoms with Crippen LogP contribution in [0.4, 0.5) is 0 Å². The Kier molecular flexibility index (Phi) is 4.39. The van der Waals surface area contributed by atoms with Crippen LogP contribution in [0.1, 0.15) is 22.3 Å². The molecule has 0 saturated carbocycles. The smallest absolute Gasteiger partial charge is 0.161 e. The standard InChI is InChI=1S/C23H23NO2/c1-25-21-15-17-13-14-24-23(18-9-5-3-6-10-18,19-11-7-4-8-12-19)20(17)16-22(21)26-2/h3-12,15-16,24H,13-14H2,1-2H3. The average molecular weight is 345 g/mol. The molecule has 0 aliphatic carbocycles. The lowest BCUT2D eigenvalue weighted by Gasteiger charge is -2.41. The van der Waals surface area contributed by atoms with E-state index in [4.69, 9.17) is 9.47 Å². The van der Waals surface area contributed by atoms with E-state index in [9.17, 15) is 0 Å². The van der Waals surface area contributed by atoms with Crippen LogP contribution in [0.3, 0.4) is 0 Å². The second kappa shape index (κ2) is 6.85. The summed E-state index contributed by atoms with van der Waals surface area (Å²) in [5.41, 5.74) is 4.54. The molecule has 26 heavy (non-hydrogen) atoms. The van der Waals surface area contributed by atoms with Crippen LogP contribution in [0, 0.1) is 0 Å². The molecule has 3 aromatic rings. The molecule has 1 heterocycles. The first kappa shape index (κ1) is 16.7. The first-order chi connectivity index (χ1) is 12.8. The largest absolute Gasteiger partial charge is 0.493 e. The molecule has 0 fully saturated rings. The molecule has 3 heteroatoms. The Hall–Kier alpha value is -2.78. The van der Waals surface area contributed by atoms with Crippen LogP contribution < -0.4 is 14.8 Å². The van der Waals surface area contributed by atoms with Gasteiger partial charge in [-0.15, -0.1) is 0 Å². The number of ether oxygens (including phenoxy) is 2. The molecule has 0 unspecified atom stereocenters. The molecule has 4 rings (SSSR count). The van der Waals surface area contributed by atoms with E-state index < -0.39 is 5.54 Å². The van der Waals surface area contributed by atoms with Crippen LogP contribution in [0.5, 0.6) is 11.5 Å². The molecule has 0 amide bonds. The molecule has 1 aliphatic rings. The van der Waals surface area contributed by atoms with Gasteiger partial charge in [-0.25, -0.2) is 0 Å². The number of fused-ring (bicyclic) bond motifs is 1. The van der Waals surface area contributed by atoms with Gasteiger partial charge in [-0.2, -0.15) is 0 Å². The number of rotatable bonds is 4. The summed E-state index contributed by atoms with van der Waals surface area (Å²) in [6.07, 6.45) is 0.955. The summed E-state index contributed by atoms with van der Waals surface area (Å²) in [7, 11) is 3.38. The van der Waals surface area contributed by atoms with Crippen molar-refractivity contribution in [1.82, 2.24) is 5.32 Å². The molecule has 0 atom stereocenters. The fourth-order valence-corrected chi connectivity index (χ4v) is 4.02. The Morgan fingerprint density at radius 3 is 1.85 bits per heavy atom. The topological polar surface area (TPSA) is 30.5 Å². The number of hydrogen-bond acceptors (Lipinski definition) is 3. The molecular formula is C23H23NO2. The lowest BCUT2D eigenvalue weighted by molar-refractivity contribution is 0.350. The fraction of sp³-hybridized carbons (Fsp3) is 0.217. The van der Waals surface area contributed by atoms with Gasteiger partial charge in [0.15, 0.2) is 11.5 Å². The van der Waals surface area contributed by atoms with E-state index in [1.165, 1.54) is 22.3 Å². The zero-order chi connectivity index (χ0) is 18.0. The minimum Gasteiger partial charge on any atom is -0.493 e. The van der Waals surface area contributed by atoms with Crippen molar-refractivity contribution < 1.29 is 9.47 Å². The van der Waals surface area contributed by atoms with E-state index in [1.54, 1.807) is 14.2 Å². The molecule has 0 aromatic heterocycles. The van der Waals surface area contributed by atoms with Crippen LogP contribution in [0.2, 0.25) is 0 Å². The van der Waals surface area contributed by atoms with Crippen LogP contribution in [-0.4, -0.2) is 20.8 Å². The predicted molar refractivity (Wildman–Crippen MR) is 104 cm³/mol. The summed E-state index contributed by atoms with van der Waals surface area (Å²) in [6, 6.07) is 25.5. The Morgan fingerprint density at radius 1 is 0.769 bits per heavy atom. The SMILES string of the molecule is COc1cc2c(cc1OC)C(c1ccccc1)(c1ccccc1)NCC2. The van der Waals surface area contributed by atoms with Gasteiger partial charge in [0.25, 0.3) is 0 Å². The third-order valence-electron chi connectivity index (χ3n) is 5.21. The van der Waals surface area contributed by atoms with Crippen molar-refractivity contribution in [3.63, 3.8) is 0 Å². The molecule has 1 aliphatic heterocycles. The quantitative estimate of drug-likeness (QED) is 0.771. The molecule has 1 N–H and O–H groups in total. The minimum atomic E-state index is -0.407.